The Morgan fingerprint density at radius 3 is 2.64 bits per heavy atom. The molecule has 0 aliphatic carbocycles. The summed E-state index contributed by atoms with van der Waals surface area (Å²) in [7, 11) is 0. The summed E-state index contributed by atoms with van der Waals surface area (Å²) in [5.74, 6) is -3.10. The van der Waals surface area contributed by atoms with Gasteiger partial charge in [0, 0.05) is 18.7 Å². The Bertz CT molecular complexity index is 911. The second-order valence-electron chi connectivity index (χ2n) is 6.18. The molecule has 1 unspecified atom stereocenters. The smallest absolute Gasteiger partial charge is 0.348 e. The van der Waals surface area contributed by atoms with Crippen molar-refractivity contribution in [3.63, 3.8) is 0 Å². The van der Waals surface area contributed by atoms with Gasteiger partial charge in [-0.25, -0.2) is 13.9 Å². The van der Waals surface area contributed by atoms with Gasteiger partial charge in [0.2, 0.25) is 6.10 Å². The number of carbonyl (C=O) groups is 3. The zero-order valence-corrected chi connectivity index (χ0v) is 15.2. The van der Waals surface area contributed by atoms with Crippen molar-refractivity contribution in [1.82, 2.24) is 9.78 Å². The molecule has 0 radical (unpaired) electrons. The molecule has 1 fully saturated rings. The van der Waals surface area contributed by atoms with Crippen LogP contribution in [0.3, 0.4) is 0 Å². The molecule has 148 valence electrons. The molecular weight excluding hydrogens is 373 g/mol. The SMILES string of the molecule is CC(=O)O[C@@H](C(=O)O)C1OCCN(c2cc(C)n(-c3ccc(F)cc3)n2)C1=O. The number of nitrogens with zero attached hydrogens (tertiary/aromatic N) is 3. The first-order valence-corrected chi connectivity index (χ1v) is 8.43. The fraction of sp³-hybridized carbons (Fsp3) is 0.333. The number of aliphatic carboxylic acids is 1. The summed E-state index contributed by atoms with van der Waals surface area (Å²) >= 11 is 0. The molecule has 2 atom stereocenters. The van der Waals surface area contributed by atoms with Gasteiger partial charge in [0.05, 0.1) is 18.8 Å². The minimum Gasteiger partial charge on any atom is -0.478 e. The summed E-state index contributed by atoms with van der Waals surface area (Å²) in [6.07, 6.45) is -3.24. The number of carbonyl (C=O) groups excluding carboxylic acids is 2. The van der Waals surface area contributed by atoms with Crippen LogP contribution in [0.15, 0.2) is 30.3 Å². The Hall–Kier alpha value is -3.27. The summed E-state index contributed by atoms with van der Waals surface area (Å²) in [5, 5.41) is 13.7. The number of rotatable bonds is 5. The van der Waals surface area contributed by atoms with E-state index in [0.717, 1.165) is 6.92 Å². The average molecular weight is 391 g/mol. The van der Waals surface area contributed by atoms with Gasteiger partial charge in [-0.3, -0.25) is 14.5 Å². The molecule has 1 aromatic heterocycles. The highest BCUT2D eigenvalue weighted by Crippen LogP contribution is 2.23. The van der Waals surface area contributed by atoms with E-state index in [1.807, 2.05) is 0 Å². The van der Waals surface area contributed by atoms with E-state index in [4.69, 9.17) is 9.47 Å². The molecule has 0 saturated carbocycles. The summed E-state index contributed by atoms with van der Waals surface area (Å²) in [5.41, 5.74) is 1.29. The summed E-state index contributed by atoms with van der Waals surface area (Å²) < 4.78 is 24.7. The lowest BCUT2D eigenvalue weighted by Crippen LogP contribution is -2.55. The Kier molecular flexibility index (Phi) is 5.41. The number of aryl methyl sites for hydroxylation is 1. The van der Waals surface area contributed by atoms with Crippen LogP contribution in [0.4, 0.5) is 10.2 Å². The van der Waals surface area contributed by atoms with E-state index in [2.05, 4.69) is 5.10 Å². The predicted octanol–water partition coefficient (Wildman–Crippen LogP) is 1.07. The number of anilines is 1. The molecule has 3 rings (SSSR count). The number of carboxylic acid groups (broad SMARTS) is 1. The normalized spacial score (nSPS) is 18.0. The van der Waals surface area contributed by atoms with E-state index in [-0.39, 0.29) is 24.8 Å². The standard InChI is InChI=1S/C18H18FN3O6/c1-10-9-14(20-22(10)13-5-3-12(19)4-6-13)21-7-8-27-15(17(21)24)16(18(25)26)28-11(2)23/h3-6,9,15-16H,7-8H2,1-2H3,(H,25,26)/t15?,16-/m1/s1. The molecule has 10 heteroatoms. The van der Waals surface area contributed by atoms with Gasteiger partial charge in [-0.15, -0.1) is 5.10 Å². The predicted molar refractivity (Wildman–Crippen MR) is 93.5 cm³/mol. The number of aromatic nitrogens is 2. The molecule has 0 spiro atoms. The van der Waals surface area contributed by atoms with Crippen LogP contribution in [0, 0.1) is 12.7 Å². The zero-order chi connectivity index (χ0) is 20.4. The van der Waals surface area contributed by atoms with E-state index in [9.17, 15) is 23.9 Å². The molecule has 28 heavy (non-hydrogen) atoms. The lowest BCUT2D eigenvalue weighted by molar-refractivity contribution is -0.177. The maximum atomic E-state index is 13.1. The maximum Gasteiger partial charge on any atom is 0.348 e. The molecular formula is C18H18FN3O6. The van der Waals surface area contributed by atoms with E-state index >= 15 is 0 Å². The molecule has 1 amide bonds. The quantitative estimate of drug-likeness (QED) is 0.759. The molecule has 1 N–H and O–H groups in total. The number of morpholine rings is 1. The Balaban J connectivity index is 1.88. The summed E-state index contributed by atoms with van der Waals surface area (Å²) in [4.78, 5) is 36.7. The van der Waals surface area contributed by atoms with E-state index in [0.29, 0.717) is 11.4 Å². The van der Waals surface area contributed by atoms with Gasteiger partial charge in [0.15, 0.2) is 11.9 Å². The van der Waals surface area contributed by atoms with Gasteiger partial charge in [-0.2, -0.15) is 0 Å². The Morgan fingerprint density at radius 1 is 1.36 bits per heavy atom. The minimum atomic E-state index is -1.76. The van der Waals surface area contributed by atoms with Crippen molar-refractivity contribution in [2.75, 3.05) is 18.1 Å². The molecule has 1 aliphatic heterocycles. The largest absolute Gasteiger partial charge is 0.478 e. The number of amides is 1. The lowest BCUT2D eigenvalue weighted by atomic mass is 10.1. The highest BCUT2D eigenvalue weighted by molar-refractivity contribution is 6.00. The summed E-state index contributed by atoms with van der Waals surface area (Å²) in [6, 6.07) is 7.32. The number of hydrogen-bond donors (Lipinski definition) is 1. The van der Waals surface area contributed by atoms with Crippen molar-refractivity contribution >= 4 is 23.7 Å². The molecule has 1 aromatic carbocycles. The number of esters is 1. The van der Waals surface area contributed by atoms with Crippen LogP contribution in [0.5, 0.6) is 0 Å². The topological polar surface area (TPSA) is 111 Å². The minimum absolute atomic E-state index is 0.0455. The van der Waals surface area contributed by atoms with Crippen LogP contribution >= 0.6 is 0 Å². The van der Waals surface area contributed by atoms with Crippen LogP contribution in [0.2, 0.25) is 0 Å². The molecule has 0 bridgehead atoms. The number of hydrogen-bond acceptors (Lipinski definition) is 6. The van der Waals surface area contributed by atoms with E-state index in [1.165, 1.54) is 21.7 Å². The van der Waals surface area contributed by atoms with Crippen LogP contribution in [-0.4, -0.2) is 58.1 Å². The van der Waals surface area contributed by atoms with Crippen molar-refractivity contribution in [2.45, 2.75) is 26.1 Å². The maximum absolute atomic E-state index is 13.1. The Morgan fingerprint density at radius 2 is 2.04 bits per heavy atom. The highest BCUT2D eigenvalue weighted by Gasteiger charge is 2.43. The first kappa shape index (κ1) is 19.5. The fourth-order valence-electron chi connectivity index (χ4n) is 2.90. The number of carboxylic acids is 1. The molecule has 2 aromatic rings. The van der Waals surface area contributed by atoms with Gasteiger partial charge in [-0.05, 0) is 31.2 Å². The van der Waals surface area contributed by atoms with Gasteiger partial charge >= 0.3 is 11.9 Å². The first-order valence-electron chi connectivity index (χ1n) is 8.43. The number of benzene rings is 1. The van der Waals surface area contributed by atoms with Crippen LogP contribution in [-0.2, 0) is 23.9 Å². The van der Waals surface area contributed by atoms with Crippen LogP contribution < -0.4 is 4.90 Å². The zero-order valence-electron chi connectivity index (χ0n) is 15.2. The molecule has 2 heterocycles. The van der Waals surface area contributed by atoms with E-state index in [1.54, 1.807) is 25.1 Å². The summed E-state index contributed by atoms with van der Waals surface area (Å²) in [6.45, 7) is 3.02. The number of ether oxygens (including phenoxy) is 2. The second kappa shape index (κ2) is 7.77. The average Bonchev–Trinajstić information content (AvgIpc) is 3.02. The van der Waals surface area contributed by atoms with Crippen molar-refractivity contribution in [3.05, 3.63) is 41.8 Å². The van der Waals surface area contributed by atoms with Crippen molar-refractivity contribution < 1.29 is 33.4 Å². The highest BCUT2D eigenvalue weighted by atomic mass is 19.1. The molecule has 1 saturated heterocycles. The second-order valence-corrected chi connectivity index (χ2v) is 6.18. The first-order chi connectivity index (χ1) is 13.3. The van der Waals surface area contributed by atoms with Gasteiger partial charge in [0.25, 0.3) is 5.91 Å². The van der Waals surface area contributed by atoms with Gasteiger partial charge in [0.1, 0.15) is 5.82 Å². The van der Waals surface area contributed by atoms with Crippen LogP contribution in [0.1, 0.15) is 12.6 Å². The molecule has 9 nitrogen and oxygen atoms in total. The van der Waals surface area contributed by atoms with Gasteiger partial charge in [-0.1, -0.05) is 0 Å². The molecule has 1 aliphatic rings. The number of halogens is 1. The van der Waals surface area contributed by atoms with E-state index < -0.39 is 30.1 Å². The third-order valence-electron chi connectivity index (χ3n) is 4.16. The lowest BCUT2D eigenvalue weighted by Gasteiger charge is -2.33. The third kappa shape index (κ3) is 3.86. The fourth-order valence-corrected chi connectivity index (χ4v) is 2.90. The van der Waals surface area contributed by atoms with Gasteiger partial charge < -0.3 is 14.6 Å². The monoisotopic (exact) mass is 391 g/mol. The van der Waals surface area contributed by atoms with Crippen molar-refractivity contribution in [3.8, 4) is 5.69 Å². The van der Waals surface area contributed by atoms with Crippen molar-refractivity contribution in [1.29, 1.82) is 0 Å². The van der Waals surface area contributed by atoms with Crippen molar-refractivity contribution in [2.24, 2.45) is 0 Å². The third-order valence-corrected chi connectivity index (χ3v) is 4.16. The van der Waals surface area contributed by atoms with Crippen LogP contribution in [0.25, 0.3) is 5.69 Å². The Labute approximate surface area is 159 Å².